The summed E-state index contributed by atoms with van der Waals surface area (Å²) < 4.78 is 5.10. The highest BCUT2D eigenvalue weighted by molar-refractivity contribution is 5.94. The van der Waals surface area contributed by atoms with Gasteiger partial charge in [-0.15, -0.1) is 0 Å². The number of nitrogens with one attached hydrogen (secondary N) is 1. The van der Waals surface area contributed by atoms with Gasteiger partial charge >= 0.3 is 0 Å². The molecule has 0 aliphatic carbocycles. The molecule has 0 radical (unpaired) electrons. The van der Waals surface area contributed by atoms with Crippen LogP contribution in [0, 0.1) is 13.8 Å². The Labute approximate surface area is 141 Å². The van der Waals surface area contributed by atoms with Crippen LogP contribution in [0.5, 0.6) is 0 Å². The van der Waals surface area contributed by atoms with Gasteiger partial charge in [-0.05, 0) is 62.1 Å². The molecule has 2 amide bonds. The SMILES string of the molecule is Cc1ccc(C(=O)N2CCC(NC(=O)c3ccco3)CC2)cc1C. The van der Waals surface area contributed by atoms with Crippen LogP contribution in [0.4, 0.5) is 0 Å². The molecule has 2 aromatic rings. The second kappa shape index (κ2) is 6.91. The number of likely N-dealkylation sites (tertiary alicyclic amines) is 1. The number of hydrogen-bond donors (Lipinski definition) is 1. The Morgan fingerprint density at radius 1 is 1.12 bits per heavy atom. The molecule has 1 aromatic heterocycles. The molecule has 24 heavy (non-hydrogen) atoms. The first-order chi connectivity index (χ1) is 11.5. The number of hydrogen-bond acceptors (Lipinski definition) is 3. The molecule has 5 heteroatoms. The van der Waals surface area contributed by atoms with Crippen molar-refractivity contribution in [3.05, 3.63) is 59.0 Å². The van der Waals surface area contributed by atoms with Gasteiger partial charge in [0, 0.05) is 24.7 Å². The fraction of sp³-hybridized carbons (Fsp3) is 0.368. The van der Waals surface area contributed by atoms with E-state index >= 15 is 0 Å². The fourth-order valence-electron chi connectivity index (χ4n) is 2.95. The maximum Gasteiger partial charge on any atom is 0.287 e. The Bertz CT molecular complexity index is 729. The van der Waals surface area contributed by atoms with E-state index in [9.17, 15) is 9.59 Å². The van der Waals surface area contributed by atoms with Gasteiger partial charge in [0.05, 0.1) is 6.26 Å². The quantitative estimate of drug-likeness (QED) is 0.943. The smallest absolute Gasteiger partial charge is 0.287 e. The molecule has 5 nitrogen and oxygen atoms in total. The van der Waals surface area contributed by atoms with Gasteiger partial charge in [-0.25, -0.2) is 0 Å². The van der Waals surface area contributed by atoms with Crippen LogP contribution in [0.25, 0.3) is 0 Å². The van der Waals surface area contributed by atoms with E-state index in [4.69, 9.17) is 4.42 Å². The van der Waals surface area contributed by atoms with Crippen LogP contribution in [-0.2, 0) is 0 Å². The van der Waals surface area contributed by atoms with Crippen LogP contribution < -0.4 is 5.32 Å². The van der Waals surface area contributed by atoms with E-state index in [1.807, 2.05) is 36.9 Å². The minimum atomic E-state index is -0.195. The number of carbonyl (C=O) groups excluding carboxylic acids is 2. The second-order valence-electron chi connectivity index (χ2n) is 6.32. The molecule has 0 spiro atoms. The highest BCUT2D eigenvalue weighted by Crippen LogP contribution is 2.17. The summed E-state index contributed by atoms with van der Waals surface area (Å²) >= 11 is 0. The van der Waals surface area contributed by atoms with Crippen molar-refractivity contribution in [2.45, 2.75) is 32.7 Å². The van der Waals surface area contributed by atoms with Crippen LogP contribution >= 0.6 is 0 Å². The van der Waals surface area contributed by atoms with Crippen molar-refractivity contribution in [3.8, 4) is 0 Å². The van der Waals surface area contributed by atoms with E-state index in [1.165, 1.54) is 11.8 Å². The molecule has 0 bridgehead atoms. The molecule has 3 rings (SSSR count). The van der Waals surface area contributed by atoms with Crippen molar-refractivity contribution >= 4 is 11.8 Å². The number of aryl methyl sites for hydroxylation is 2. The van der Waals surface area contributed by atoms with Gasteiger partial charge in [-0.2, -0.15) is 0 Å². The van der Waals surface area contributed by atoms with Crippen molar-refractivity contribution in [2.24, 2.45) is 0 Å². The highest BCUT2D eigenvalue weighted by atomic mass is 16.3. The van der Waals surface area contributed by atoms with Crippen LogP contribution in [0.3, 0.4) is 0 Å². The molecule has 1 N–H and O–H groups in total. The van der Waals surface area contributed by atoms with Gasteiger partial charge < -0.3 is 14.6 Å². The van der Waals surface area contributed by atoms with Gasteiger partial charge in [0.2, 0.25) is 0 Å². The number of piperidine rings is 1. The largest absolute Gasteiger partial charge is 0.459 e. The first-order valence-corrected chi connectivity index (χ1v) is 8.25. The lowest BCUT2D eigenvalue weighted by Crippen LogP contribution is -2.46. The average Bonchev–Trinajstić information content (AvgIpc) is 3.12. The topological polar surface area (TPSA) is 62.6 Å². The summed E-state index contributed by atoms with van der Waals surface area (Å²) in [4.78, 5) is 26.5. The lowest BCUT2D eigenvalue weighted by Gasteiger charge is -2.32. The maximum atomic E-state index is 12.6. The zero-order valence-corrected chi connectivity index (χ0v) is 14.0. The van der Waals surface area contributed by atoms with E-state index in [-0.39, 0.29) is 17.9 Å². The van der Waals surface area contributed by atoms with Crippen molar-refractivity contribution in [2.75, 3.05) is 13.1 Å². The zero-order valence-electron chi connectivity index (χ0n) is 14.0. The van der Waals surface area contributed by atoms with Crippen molar-refractivity contribution < 1.29 is 14.0 Å². The molecule has 1 aromatic carbocycles. The van der Waals surface area contributed by atoms with Crippen LogP contribution in [0.1, 0.15) is 44.9 Å². The Morgan fingerprint density at radius 2 is 1.88 bits per heavy atom. The minimum absolute atomic E-state index is 0.0638. The number of rotatable bonds is 3. The number of carbonyl (C=O) groups is 2. The van der Waals surface area contributed by atoms with Crippen molar-refractivity contribution in [1.82, 2.24) is 10.2 Å². The molecular formula is C19H22N2O3. The van der Waals surface area contributed by atoms with Crippen LogP contribution in [-0.4, -0.2) is 35.8 Å². The monoisotopic (exact) mass is 326 g/mol. The average molecular weight is 326 g/mol. The van der Waals surface area contributed by atoms with E-state index < -0.39 is 0 Å². The summed E-state index contributed by atoms with van der Waals surface area (Å²) in [6.45, 7) is 5.35. The molecule has 0 atom stereocenters. The first kappa shape index (κ1) is 16.3. The van der Waals surface area contributed by atoms with Gasteiger partial charge in [0.15, 0.2) is 5.76 Å². The fourth-order valence-corrected chi connectivity index (χ4v) is 2.95. The zero-order chi connectivity index (χ0) is 17.1. The molecule has 1 saturated heterocycles. The third kappa shape index (κ3) is 3.50. The summed E-state index contributed by atoms with van der Waals surface area (Å²) in [5.74, 6) is 0.191. The summed E-state index contributed by atoms with van der Waals surface area (Å²) in [6, 6.07) is 9.23. The van der Waals surface area contributed by atoms with Crippen LogP contribution in [0.2, 0.25) is 0 Å². The molecule has 1 aliphatic heterocycles. The molecule has 0 saturated carbocycles. The molecule has 2 heterocycles. The highest BCUT2D eigenvalue weighted by Gasteiger charge is 2.25. The van der Waals surface area contributed by atoms with Gasteiger partial charge in [0.25, 0.3) is 11.8 Å². The van der Waals surface area contributed by atoms with E-state index in [1.54, 1.807) is 12.1 Å². The minimum Gasteiger partial charge on any atom is -0.459 e. The Kier molecular flexibility index (Phi) is 4.69. The lowest BCUT2D eigenvalue weighted by molar-refractivity contribution is 0.0695. The van der Waals surface area contributed by atoms with Crippen LogP contribution in [0.15, 0.2) is 41.0 Å². The van der Waals surface area contributed by atoms with E-state index in [2.05, 4.69) is 5.32 Å². The summed E-state index contributed by atoms with van der Waals surface area (Å²) in [5.41, 5.74) is 3.04. The van der Waals surface area contributed by atoms with E-state index in [0.29, 0.717) is 18.8 Å². The second-order valence-corrected chi connectivity index (χ2v) is 6.32. The molecule has 1 fully saturated rings. The number of furan rings is 1. The van der Waals surface area contributed by atoms with Gasteiger partial charge in [-0.1, -0.05) is 6.07 Å². The predicted molar refractivity (Wildman–Crippen MR) is 91.0 cm³/mol. The summed E-state index contributed by atoms with van der Waals surface area (Å²) in [7, 11) is 0. The molecule has 1 aliphatic rings. The third-order valence-electron chi connectivity index (χ3n) is 4.62. The molecule has 0 unspecified atom stereocenters. The third-order valence-corrected chi connectivity index (χ3v) is 4.62. The Balaban J connectivity index is 1.55. The number of benzene rings is 1. The van der Waals surface area contributed by atoms with Gasteiger partial charge in [-0.3, -0.25) is 9.59 Å². The molecule has 126 valence electrons. The first-order valence-electron chi connectivity index (χ1n) is 8.25. The Morgan fingerprint density at radius 3 is 2.50 bits per heavy atom. The predicted octanol–water partition coefficient (Wildman–Crippen LogP) is 2.93. The standard InChI is InChI=1S/C19H22N2O3/c1-13-5-6-15(12-14(13)2)19(23)21-9-7-16(8-10-21)20-18(22)17-4-3-11-24-17/h3-6,11-12,16H,7-10H2,1-2H3,(H,20,22). The van der Waals surface area contributed by atoms with Gasteiger partial charge in [0.1, 0.15) is 0 Å². The number of amides is 2. The summed E-state index contributed by atoms with van der Waals surface area (Å²) in [5, 5.41) is 2.97. The maximum absolute atomic E-state index is 12.6. The molecular weight excluding hydrogens is 304 g/mol. The lowest BCUT2D eigenvalue weighted by atomic mass is 10.0. The Hall–Kier alpha value is -2.56. The van der Waals surface area contributed by atoms with E-state index in [0.717, 1.165) is 24.0 Å². The normalized spacial score (nSPS) is 15.3. The summed E-state index contributed by atoms with van der Waals surface area (Å²) in [6.07, 6.45) is 2.99. The van der Waals surface area contributed by atoms with Crippen molar-refractivity contribution in [3.63, 3.8) is 0 Å². The van der Waals surface area contributed by atoms with Crippen molar-refractivity contribution in [1.29, 1.82) is 0 Å². The number of nitrogens with zero attached hydrogens (tertiary/aromatic N) is 1.